The molecule has 1 saturated carbocycles. The number of ether oxygens (including phenoxy) is 1. The molecule has 15 heavy (non-hydrogen) atoms. The van der Waals surface area contributed by atoms with Gasteiger partial charge in [0.05, 0.1) is 5.92 Å². The van der Waals surface area contributed by atoms with Crippen LogP contribution in [0.25, 0.3) is 0 Å². The molecule has 0 aliphatic heterocycles. The molecule has 88 valence electrons. The summed E-state index contributed by atoms with van der Waals surface area (Å²) in [5.74, 6) is 0.328. The summed E-state index contributed by atoms with van der Waals surface area (Å²) in [7, 11) is 0. The fraction of sp³-hybridized carbons (Fsp3) is 0.917. The van der Waals surface area contributed by atoms with Crippen molar-refractivity contribution in [1.82, 2.24) is 0 Å². The fourth-order valence-electron chi connectivity index (χ4n) is 2.06. The zero-order valence-electron chi connectivity index (χ0n) is 10.0. The highest BCUT2D eigenvalue weighted by molar-refractivity contribution is 6.20. The third kappa shape index (κ3) is 4.02. The minimum Gasteiger partial charge on any atom is -0.460 e. The first-order valence-electron chi connectivity index (χ1n) is 5.66. The monoisotopic (exact) mass is 232 g/mol. The van der Waals surface area contributed by atoms with Crippen LogP contribution in [0.15, 0.2) is 0 Å². The van der Waals surface area contributed by atoms with Gasteiger partial charge in [-0.2, -0.15) is 0 Å². The topological polar surface area (TPSA) is 26.3 Å². The predicted molar refractivity (Wildman–Crippen MR) is 62.0 cm³/mol. The number of hydrogen-bond acceptors (Lipinski definition) is 2. The molecule has 0 amide bonds. The third-order valence-corrected chi connectivity index (χ3v) is 3.21. The van der Waals surface area contributed by atoms with Gasteiger partial charge in [-0.1, -0.05) is 6.92 Å². The van der Waals surface area contributed by atoms with Crippen LogP contribution in [0.4, 0.5) is 0 Å². The van der Waals surface area contributed by atoms with Gasteiger partial charge in [0.1, 0.15) is 5.60 Å². The molecule has 1 rings (SSSR count). The van der Waals surface area contributed by atoms with Crippen molar-refractivity contribution in [3.63, 3.8) is 0 Å². The van der Waals surface area contributed by atoms with E-state index >= 15 is 0 Å². The second kappa shape index (κ2) is 4.73. The Hall–Kier alpha value is -0.240. The van der Waals surface area contributed by atoms with Crippen molar-refractivity contribution in [3.05, 3.63) is 0 Å². The zero-order valence-corrected chi connectivity index (χ0v) is 10.8. The third-order valence-electron chi connectivity index (χ3n) is 2.81. The number of esters is 1. The molecule has 0 bridgehead atoms. The molecule has 0 spiro atoms. The van der Waals surface area contributed by atoms with Crippen molar-refractivity contribution in [3.8, 4) is 0 Å². The van der Waals surface area contributed by atoms with Crippen molar-refractivity contribution in [2.24, 2.45) is 11.8 Å². The van der Waals surface area contributed by atoms with E-state index in [1.807, 2.05) is 20.8 Å². The summed E-state index contributed by atoms with van der Waals surface area (Å²) >= 11 is 6.06. The molecule has 0 N–H and O–H groups in total. The molecule has 1 fully saturated rings. The molecule has 1 aliphatic carbocycles. The minimum absolute atomic E-state index is 0.0409. The molecule has 0 aromatic heterocycles. The van der Waals surface area contributed by atoms with E-state index in [1.165, 1.54) is 0 Å². The van der Waals surface area contributed by atoms with Gasteiger partial charge in [-0.3, -0.25) is 4.79 Å². The molecule has 0 aromatic carbocycles. The first-order valence-corrected chi connectivity index (χ1v) is 6.10. The molecule has 3 atom stereocenters. The lowest BCUT2D eigenvalue weighted by atomic mass is 9.80. The van der Waals surface area contributed by atoms with Gasteiger partial charge in [0.15, 0.2) is 0 Å². The lowest BCUT2D eigenvalue weighted by Crippen LogP contribution is -2.35. The lowest BCUT2D eigenvalue weighted by Gasteiger charge is -2.32. The summed E-state index contributed by atoms with van der Waals surface area (Å²) in [6.45, 7) is 7.80. The summed E-state index contributed by atoms with van der Waals surface area (Å²) in [6, 6.07) is 0. The van der Waals surface area contributed by atoms with Crippen LogP contribution in [0.3, 0.4) is 0 Å². The molecule has 0 radical (unpaired) electrons. The first kappa shape index (κ1) is 12.8. The van der Waals surface area contributed by atoms with Crippen LogP contribution < -0.4 is 0 Å². The minimum atomic E-state index is -0.380. The van der Waals surface area contributed by atoms with Gasteiger partial charge in [-0.25, -0.2) is 0 Å². The average molecular weight is 233 g/mol. The lowest BCUT2D eigenvalue weighted by molar-refractivity contribution is -0.162. The van der Waals surface area contributed by atoms with Crippen molar-refractivity contribution in [2.75, 3.05) is 0 Å². The Kier molecular flexibility index (Phi) is 4.05. The molecule has 2 nitrogen and oxygen atoms in total. The molecule has 0 saturated heterocycles. The van der Waals surface area contributed by atoms with E-state index in [0.717, 1.165) is 19.3 Å². The van der Waals surface area contributed by atoms with Crippen LogP contribution in [-0.2, 0) is 9.53 Å². The molecular weight excluding hydrogens is 212 g/mol. The SMILES string of the molecule is C[C@H]1C[C@@H](Cl)CC[C@@H]1C(=O)OC(C)(C)C. The smallest absolute Gasteiger partial charge is 0.309 e. The Labute approximate surface area is 97.3 Å². The number of carbonyl (C=O) groups is 1. The zero-order chi connectivity index (χ0) is 11.6. The Bertz CT molecular complexity index is 232. The molecule has 3 heteroatoms. The van der Waals surface area contributed by atoms with E-state index in [1.54, 1.807) is 0 Å². The van der Waals surface area contributed by atoms with Crippen molar-refractivity contribution >= 4 is 17.6 Å². The van der Waals surface area contributed by atoms with Crippen LogP contribution in [-0.4, -0.2) is 16.9 Å². The highest BCUT2D eigenvalue weighted by Crippen LogP contribution is 2.34. The van der Waals surface area contributed by atoms with Gasteiger partial charge in [-0.15, -0.1) is 11.6 Å². The summed E-state index contributed by atoms with van der Waals surface area (Å²) in [5.41, 5.74) is -0.380. The van der Waals surface area contributed by atoms with Crippen LogP contribution >= 0.6 is 11.6 Å². The molecule has 0 unspecified atom stereocenters. The van der Waals surface area contributed by atoms with Gasteiger partial charge < -0.3 is 4.74 Å². The van der Waals surface area contributed by atoms with E-state index < -0.39 is 0 Å². The molecule has 1 aliphatic rings. The fourth-order valence-corrected chi connectivity index (χ4v) is 2.47. The first-order chi connectivity index (χ1) is 6.79. The number of rotatable bonds is 1. The molecule has 0 heterocycles. The Morgan fingerprint density at radius 3 is 2.40 bits per heavy atom. The second-order valence-electron chi connectivity index (χ2n) is 5.53. The maximum Gasteiger partial charge on any atom is 0.309 e. The largest absolute Gasteiger partial charge is 0.460 e. The molecular formula is C12H21ClO2. The number of alkyl halides is 1. The van der Waals surface area contributed by atoms with Crippen molar-refractivity contribution in [1.29, 1.82) is 0 Å². The van der Waals surface area contributed by atoms with Gasteiger partial charge in [0.25, 0.3) is 0 Å². The average Bonchev–Trinajstić information content (AvgIpc) is 1.99. The van der Waals surface area contributed by atoms with Crippen LogP contribution in [0.2, 0.25) is 0 Å². The maximum absolute atomic E-state index is 11.9. The Balaban J connectivity index is 2.53. The summed E-state index contributed by atoms with van der Waals surface area (Å²) in [4.78, 5) is 11.9. The highest BCUT2D eigenvalue weighted by atomic mass is 35.5. The van der Waals surface area contributed by atoms with Crippen LogP contribution in [0.1, 0.15) is 47.0 Å². The summed E-state index contributed by atoms with van der Waals surface area (Å²) in [5, 5.41) is 0.235. The van der Waals surface area contributed by atoms with E-state index in [4.69, 9.17) is 16.3 Å². The maximum atomic E-state index is 11.9. The standard InChI is InChI=1S/C12H21ClO2/c1-8-7-9(13)5-6-10(8)11(14)15-12(2,3)4/h8-10H,5-7H2,1-4H3/t8-,9-,10-/m0/s1. The van der Waals surface area contributed by atoms with E-state index in [2.05, 4.69) is 6.92 Å². The molecule has 0 aromatic rings. The van der Waals surface area contributed by atoms with Gasteiger partial charge in [0.2, 0.25) is 0 Å². The van der Waals surface area contributed by atoms with Crippen LogP contribution in [0.5, 0.6) is 0 Å². The van der Waals surface area contributed by atoms with Gasteiger partial charge >= 0.3 is 5.97 Å². The Morgan fingerprint density at radius 1 is 1.33 bits per heavy atom. The van der Waals surface area contributed by atoms with Gasteiger partial charge in [0, 0.05) is 5.38 Å². The van der Waals surface area contributed by atoms with E-state index in [9.17, 15) is 4.79 Å². The highest BCUT2D eigenvalue weighted by Gasteiger charge is 2.34. The van der Waals surface area contributed by atoms with Crippen molar-refractivity contribution in [2.45, 2.75) is 57.9 Å². The Morgan fingerprint density at radius 2 is 1.93 bits per heavy atom. The van der Waals surface area contributed by atoms with Crippen LogP contribution in [0, 0.1) is 11.8 Å². The summed E-state index contributed by atoms with van der Waals surface area (Å²) < 4.78 is 5.40. The van der Waals surface area contributed by atoms with Crippen molar-refractivity contribution < 1.29 is 9.53 Å². The number of carbonyl (C=O) groups excluding carboxylic acids is 1. The van der Waals surface area contributed by atoms with E-state index in [0.29, 0.717) is 5.92 Å². The predicted octanol–water partition coefficient (Wildman–Crippen LogP) is 3.37. The van der Waals surface area contributed by atoms with Gasteiger partial charge in [-0.05, 0) is 46.0 Å². The number of halogens is 1. The van der Waals surface area contributed by atoms with E-state index in [-0.39, 0.29) is 22.9 Å². The summed E-state index contributed by atoms with van der Waals surface area (Å²) in [6.07, 6.45) is 2.71. The quantitative estimate of drug-likeness (QED) is 0.512. The second-order valence-corrected chi connectivity index (χ2v) is 6.14. The normalized spacial score (nSPS) is 32.5. The number of hydrogen-bond donors (Lipinski definition) is 0.